The summed E-state index contributed by atoms with van der Waals surface area (Å²) in [7, 11) is 1.74. The van der Waals surface area contributed by atoms with Gasteiger partial charge in [0.2, 0.25) is 0 Å². The average Bonchev–Trinajstić information content (AvgIpc) is 2.68. The Morgan fingerprint density at radius 1 is 1.33 bits per heavy atom. The molecule has 0 atom stereocenters. The Morgan fingerprint density at radius 3 is 3.07 bits per heavy atom. The summed E-state index contributed by atoms with van der Waals surface area (Å²) in [6, 6.07) is 8.37. The number of ether oxygens (including phenoxy) is 1. The van der Waals surface area contributed by atoms with Crippen LogP contribution in [0.1, 0.15) is 18.4 Å². The van der Waals surface area contributed by atoms with E-state index < -0.39 is 0 Å². The summed E-state index contributed by atoms with van der Waals surface area (Å²) in [6.45, 7) is 0.832. The van der Waals surface area contributed by atoms with Crippen LogP contribution in [0.15, 0.2) is 30.5 Å². The number of H-pyrrole nitrogens is 1. The Morgan fingerprint density at radius 2 is 2.20 bits per heavy atom. The van der Waals surface area contributed by atoms with Gasteiger partial charge in [-0.1, -0.05) is 18.2 Å². The molecule has 0 fully saturated rings. The third-order valence-electron chi connectivity index (χ3n) is 2.54. The summed E-state index contributed by atoms with van der Waals surface area (Å²) < 4.78 is 5.02. The van der Waals surface area contributed by atoms with Gasteiger partial charge in [0, 0.05) is 30.8 Å². The zero-order chi connectivity index (χ0) is 10.5. The number of hydrogen-bond acceptors (Lipinski definition) is 1. The first kappa shape index (κ1) is 10.2. The second kappa shape index (κ2) is 4.99. The van der Waals surface area contributed by atoms with E-state index in [-0.39, 0.29) is 0 Å². The molecule has 0 amide bonds. The maximum atomic E-state index is 5.02. The lowest BCUT2D eigenvalue weighted by atomic mass is 10.1. The Kier molecular flexibility index (Phi) is 3.41. The minimum atomic E-state index is 0.832. The van der Waals surface area contributed by atoms with Crippen molar-refractivity contribution < 1.29 is 4.74 Å². The highest BCUT2D eigenvalue weighted by Crippen LogP contribution is 2.20. The minimum Gasteiger partial charge on any atom is -0.385 e. The number of aromatic amines is 1. The van der Waals surface area contributed by atoms with Gasteiger partial charge in [-0.05, 0) is 30.9 Å². The van der Waals surface area contributed by atoms with Gasteiger partial charge in [-0.3, -0.25) is 0 Å². The van der Waals surface area contributed by atoms with Crippen molar-refractivity contribution in [1.29, 1.82) is 0 Å². The predicted molar refractivity (Wildman–Crippen MR) is 62.8 cm³/mol. The molecule has 0 aliphatic carbocycles. The van der Waals surface area contributed by atoms with Crippen molar-refractivity contribution in [1.82, 2.24) is 4.98 Å². The molecule has 2 heteroatoms. The van der Waals surface area contributed by atoms with Crippen LogP contribution >= 0.6 is 0 Å². The van der Waals surface area contributed by atoms with E-state index in [1.807, 2.05) is 6.07 Å². The molecule has 0 saturated heterocycles. The highest BCUT2D eigenvalue weighted by molar-refractivity contribution is 5.84. The first-order chi connectivity index (χ1) is 7.42. The molecule has 0 bridgehead atoms. The normalized spacial score (nSPS) is 11.0. The number of nitrogens with one attached hydrogen (secondary N) is 1. The van der Waals surface area contributed by atoms with Crippen LogP contribution in [0, 0.1) is 6.42 Å². The van der Waals surface area contributed by atoms with E-state index in [2.05, 4.69) is 35.8 Å². The molecule has 2 rings (SSSR count). The number of fused-ring (bicyclic) bond motifs is 1. The largest absolute Gasteiger partial charge is 0.385 e. The van der Waals surface area contributed by atoms with Gasteiger partial charge in [-0.15, -0.1) is 0 Å². The third kappa shape index (κ3) is 2.39. The molecule has 0 aliphatic heterocycles. The van der Waals surface area contributed by atoms with E-state index in [0.717, 1.165) is 19.4 Å². The van der Waals surface area contributed by atoms with Crippen molar-refractivity contribution in [2.45, 2.75) is 12.8 Å². The number of aromatic nitrogens is 1. The van der Waals surface area contributed by atoms with Gasteiger partial charge in [0.05, 0.1) is 0 Å². The van der Waals surface area contributed by atoms with Crippen molar-refractivity contribution >= 4 is 10.9 Å². The topological polar surface area (TPSA) is 25.0 Å². The van der Waals surface area contributed by atoms with Gasteiger partial charge in [-0.2, -0.15) is 0 Å². The molecule has 15 heavy (non-hydrogen) atoms. The molecular weight excluding hydrogens is 186 g/mol. The number of benzene rings is 1. The van der Waals surface area contributed by atoms with Crippen LogP contribution in [0.2, 0.25) is 0 Å². The third-order valence-corrected chi connectivity index (χ3v) is 2.54. The molecule has 1 radical (unpaired) electrons. The fourth-order valence-corrected chi connectivity index (χ4v) is 1.75. The molecule has 2 aromatic rings. The molecule has 0 aliphatic rings. The Hall–Kier alpha value is -1.28. The van der Waals surface area contributed by atoms with Crippen molar-refractivity contribution in [2.24, 2.45) is 0 Å². The molecule has 1 aromatic heterocycles. The van der Waals surface area contributed by atoms with Gasteiger partial charge in [-0.25, -0.2) is 0 Å². The number of hydrogen-bond donors (Lipinski definition) is 1. The minimum absolute atomic E-state index is 0.832. The highest BCUT2D eigenvalue weighted by Gasteiger charge is 2.01. The quantitative estimate of drug-likeness (QED) is 0.740. The van der Waals surface area contributed by atoms with Gasteiger partial charge in [0.15, 0.2) is 0 Å². The summed E-state index contributed by atoms with van der Waals surface area (Å²) in [5.74, 6) is 0. The molecule has 1 aromatic carbocycles. The Bertz CT molecular complexity index is 419. The van der Waals surface area contributed by atoms with Crippen molar-refractivity contribution in [3.05, 3.63) is 42.4 Å². The first-order valence-electron chi connectivity index (χ1n) is 5.30. The van der Waals surface area contributed by atoms with Crippen LogP contribution in [-0.2, 0) is 4.74 Å². The lowest BCUT2D eigenvalue weighted by Gasteiger charge is -1.99. The van der Waals surface area contributed by atoms with E-state index in [0.29, 0.717) is 0 Å². The summed E-state index contributed by atoms with van der Waals surface area (Å²) in [6.07, 6.45) is 6.47. The number of unbranched alkanes of at least 4 members (excludes halogenated alkanes) is 1. The number of para-hydroxylation sites is 1. The summed E-state index contributed by atoms with van der Waals surface area (Å²) in [5.41, 5.74) is 2.50. The van der Waals surface area contributed by atoms with Crippen LogP contribution in [0.5, 0.6) is 0 Å². The molecule has 0 saturated carbocycles. The fraction of sp³-hybridized carbons (Fsp3) is 0.308. The van der Waals surface area contributed by atoms with Crippen LogP contribution in [0.25, 0.3) is 10.9 Å². The van der Waals surface area contributed by atoms with E-state index >= 15 is 0 Å². The molecule has 2 nitrogen and oxygen atoms in total. The zero-order valence-corrected chi connectivity index (χ0v) is 8.99. The van der Waals surface area contributed by atoms with Crippen LogP contribution in [0.4, 0.5) is 0 Å². The maximum absolute atomic E-state index is 5.02. The van der Waals surface area contributed by atoms with Crippen LogP contribution in [0.3, 0.4) is 0 Å². The number of rotatable bonds is 5. The molecule has 0 unspecified atom stereocenters. The van der Waals surface area contributed by atoms with Crippen molar-refractivity contribution in [3.8, 4) is 0 Å². The van der Waals surface area contributed by atoms with Crippen molar-refractivity contribution in [3.63, 3.8) is 0 Å². The zero-order valence-electron chi connectivity index (χ0n) is 8.99. The summed E-state index contributed by atoms with van der Waals surface area (Å²) in [5, 5.41) is 1.30. The molecule has 1 heterocycles. The average molecular weight is 202 g/mol. The van der Waals surface area contributed by atoms with E-state index in [4.69, 9.17) is 4.74 Å². The Labute approximate surface area is 90.3 Å². The summed E-state index contributed by atoms with van der Waals surface area (Å²) >= 11 is 0. The standard InChI is InChI=1S/C13H16NO/c1-15-9-5-4-6-11-10-14-13-8-3-2-7-12(11)13/h2-3,6-8,10,14H,4-5,9H2,1H3. The maximum Gasteiger partial charge on any atom is 0.0462 e. The molecule has 0 spiro atoms. The first-order valence-corrected chi connectivity index (χ1v) is 5.30. The van der Waals surface area contributed by atoms with Gasteiger partial charge >= 0.3 is 0 Å². The monoisotopic (exact) mass is 202 g/mol. The van der Waals surface area contributed by atoms with E-state index in [9.17, 15) is 0 Å². The van der Waals surface area contributed by atoms with E-state index in [1.165, 1.54) is 16.5 Å². The van der Waals surface area contributed by atoms with Crippen molar-refractivity contribution in [2.75, 3.05) is 13.7 Å². The van der Waals surface area contributed by atoms with E-state index in [1.54, 1.807) is 7.11 Å². The fourth-order valence-electron chi connectivity index (χ4n) is 1.75. The molecular formula is C13H16NO. The second-order valence-corrected chi connectivity index (χ2v) is 3.63. The summed E-state index contributed by atoms with van der Waals surface area (Å²) in [4.78, 5) is 3.27. The lowest BCUT2D eigenvalue weighted by Crippen LogP contribution is -1.88. The van der Waals surface area contributed by atoms with Crippen LogP contribution < -0.4 is 0 Å². The lowest BCUT2D eigenvalue weighted by molar-refractivity contribution is 0.195. The Balaban J connectivity index is 2.02. The van der Waals surface area contributed by atoms with Gasteiger partial charge < -0.3 is 9.72 Å². The molecule has 1 N–H and O–H groups in total. The number of methoxy groups -OCH3 is 1. The second-order valence-electron chi connectivity index (χ2n) is 3.63. The highest BCUT2D eigenvalue weighted by atomic mass is 16.5. The smallest absolute Gasteiger partial charge is 0.0462 e. The van der Waals surface area contributed by atoms with Gasteiger partial charge in [0.25, 0.3) is 0 Å². The SMILES string of the molecule is COCCC[CH]c1c[nH]c2ccccc12. The molecule has 79 valence electrons. The predicted octanol–water partition coefficient (Wildman–Crippen LogP) is 3.15. The van der Waals surface area contributed by atoms with Crippen LogP contribution in [-0.4, -0.2) is 18.7 Å². The van der Waals surface area contributed by atoms with Gasteiger partial charge in [0.1, 0.15) is 0 Å².